The van der Waals surface area contributed by atoms with E-state index in [0.717, 1.165) is 10.0 Å². The third kappa shape index (κ3) is 5.97. The molecule has 0 bridgehead atoms. The summed E-state index contributed by atoms with van der Waals surface area (Å²) in [5, 5.41) is 12.1. The van der Waals surface area contributed by atoms with Crippen molar-refractivity contribution in [1.82, 2.24) is 0 Å². The van der Waals surface area contributed by atoms with Crippen molar-refractivity contribution in [1.29, 1.82) is 5.26 Å². The lowest BCUT2D eigenvalue weighted by molar-refractivity contribution is -0.112. The molecule has 0 heterocycles. The molecule has 0 radical (unpaired) electrons. The van der Waals surface area contributed by atoms with Gasteiger partial charge in [-0.3, -0.25) is 4.79 Å². The fourth-order valence-electron chi connectivity index (χ4n) is 2.67. The molecule has 5 nitrogen and oxygen atoms in total. The smallest absolute Gasteiger partial charge is 0.266 e. The number of anilines is 1. The number of nitrogens with one attached hydrogen (secondary N) is 1. The summed E-state index contributed by atoms with van der Waals surface area (Å²) in [4.78, 5) is 12.5. The molecule has 3 rings (SSSR count). The Morgan fingerprint density at radius 2 is 1.80 bits per heavy atom. The van der Waals surface area contributed by atoms with Crippen molar-refractivity contribution in [3.63, 3.8) is 0 Å². The van der Waals surface area contributed by atoms with Crippen molar-refractivity contribution >= 4 is 33.6 Å². The van der Waals surface area contributed by atoms with Crippen molar-refractivity contribution in [2.24, 2.45) is 0 Å². The summed E-state index contributed by atoms with van der Waals surface area (Å²) >= 11 is 3.39. The summed E-state index contributed by atoms with van der Waals surface area (Å²) in [6.45, 7) is 0.462. The topological polar surface area (TPSA) is 71.3 Å². The average Bonchev–Trinajstić information content (AvgIpc) is 2.77. The zero-order chi connectivity index (χ0) is 21.3. The number of benzene rings is 3. The zero-order valence-electron chi connectivity index (χ0n) is 16.3. The Labute approximate surface area is 183 Å². The molecule has 0 atom stereocenters. The van der Waals surface area contributed by atoms with Gasteiger partial charge in [-0.25, -0.2) is 0 Å². The predicted molar refractivity (Wildman–Crippen MR) is 120 cm³/mol. The molecule has 3 aromatic carbocycles. The Morgan fingerprint density at radius 1 is 1.07 bits per heavy atom. The monoisotopic (exact) mass is 462 g/mol. The molecular weight excluding hydrogens is 444 g/mol. The molecule has 1 amide bonds. The first kappa shape index (κ1) is 21.2. The average molecular weight is 463 g/mol. The van der Waals surface area contributed by atoms with E-state index >= 15 is 0 Å². The molecule has 0 saturated heterocycles. The minimum Gasteiger partial charge on any atom is -0.497 e. The molecule has 6 heteroatoms. The SMILES string of the molecule is COc1cc(Br)cc(/C=C(\C#N)C(=O)Nc2ccc(OCc3ccccc3)cc2)c1. The van der Waals surface area contributed by atoms with Gasteiger partial charge in [0, 0.05) is 10.2 Å². The van der Waals surface area contributed by atoms with Crippen LogP contribution in [0.2, 0.25) is 0 Å². The van der Waals surface area contributed by atoms with E-state index in [1.54, 1.807) is 49.6 Å². The highest BCUT2D eigenvalue weighted by Crippen LogP contribution is 2.23. The number of amides is 1. The van der Waals surface area contributed by atoms with Crippen LogP contribution >= 0.6 is 15.9 Å². The first-order valence-corrected chi connectivity index (χ1v) is 9.91. The number of methoxy groups -OCH3 is 1. The van der Waals surface area contributed by atoms with Crippen LogP contribution in [0.15, 0.2) is 82.8 Å². The van der Waals surface area contributed by atoms with E-state index < -0.39 is 5.91 Å². The lowest BCUT2D eigenvalue weighted by Gasteiger charge is -2.08. The quantitative estimate of drug-likeness (QED) is 0.367. The normalized spacial score (nSPS) is 10.8. The Kier molecular flexibility index (Phi) is 7.25. The van der Waals surface area contributed by atoms with Crippen molar-refractivity contribution in [2.75, 3.05) is 12.4 Å². The minimum atomic E-state index is -0.491. The summed E-state index contributed by atoms with van der Waals surface area (Å²) in [5.74, 6) is 0.822. The molecule has 0 aliphatic carbocycles. The molecule has 0 saturated carbocycles. The van der Waals surface area contributed by atoms with Crippen molar-refractivity contribution in [2.45, 2.75) is 6.61 Å². The number of ether oxygens (including phenoxy) is 2. The van der Waals surface area contributed by atoms with Crippen LogP contribution in [-0.4, -0.2) is 13.0 Å². The van der Waals surface area contributed by atoms with Gasteiger partial charge in [-0.15, -0.1) is 0 Å². The maximum atomic E-state index is 12.5. The first-order valence-electron chi connectivity index (χ1n) is 9.12. The second-order valence-corrected chi connectivity index (χ2v) is 7.26. The lowest BCUT2D eigenvalue weighted by atomic mass is 10.1. The van der Waals surface area contributed by atoms with Crippen LogP contribution < -0.4 is 14.8 Å². The van der Waals surface area contributed by atoms with Gasteiger partial charge >= 0.3 is 0 Å². The molecule has 0 fully saturated rings. The summed E-state index contributed by atoms with van der Waals surface area (Å²) in [6.07, 6.45) is 1.51. The van der Waals surface area contributed by atoms with E-state index in [0.29, 0.717) is 29.4 Å². The largest absolute Gasteiger partial charge is 0.497 e. The highest BCUT2D eigenvalue weighted by Gasteiger charge is 2.10. The van der Waals surface area contributed by atoms with Gasteiger partial charge in [0.15, 0.2) is 0 Å². The molecule has 0 aliphatic heterocycles. The number of rotatable bonds is 7. The van der Waals surface area contributed by atoms with Crippen molar-refractivity contribution < 1.29 is 14.3 Å². The van der Waals surface area contributed by atoms with Crippen LogP contribution in [0.1, 0.15) is 11.1 Å². The number of nitriles is 1. The van der Waals surface area contributed by atoms with Gasteiger partial charge in [-0.05, 0) is 59.7 Å². The van der Waals surface area contributed by atoms with E-state index in [9.17, 15) is 10.1 Å². The van der Waals surface area contributed by atoms with Gasteiger partial charge in [0.2, 0.25) is 0 Å². The Balaban J connectivity index is 1.65. The number of carbonyl (C=O) groups is 1. The van der Waals surface area contributed by atoms with E-state index in [1.165, 1.54) is 6.08 Å². The number of nitrogens with zero attached hydrogens (tertiary/aromatic N) is 1. The first-order chi connectivity index (χ1) is 14.6. The molecule has 0 spiro atoms. The van der Waals surface area contributed by atoms with Gasteiger partial charge in [-0.2, -0.15) is 5.26 Å². The maximum absolute atomic E-state index is 12.5. The number of halogens is 1. The van der Waals surface area contributed by atoms with Gasteiger partial charge in [0.1, 0.15) is 29.7 Å². The fourth-order valence-corrected chi connectivity index (χ4v) is 3.16. The number of hydrogen-bond acceptors (Lipinski definition) is 4. The van der Waals surface area contributed by atoms with Crippen LogP contribution in [-0.2, 0) is 11.4 Å². The standard InChI is InChI=1S/C24H19BrN2O3/c1-29-23-13-18(12-20(25)14-23)11-19(15-26)24(28)27-21-7-9-22(10-8-21)30-16-17-5-3-2-4-6-17/h2-14H,16H2,1H3,(H,27,28)/b19-11+. The van der Waals surface area contributed by atoms with Gasteiger partial charge in [-0.1, -0.05) is 46.3 Å². The van der Waals surface area contributed by atoms with Crippen LogP contribution in [0, 0.1) is 11.3 Å². The minimum absolute atomic E-state index is 0.0143. The summed E-state index contributed by atoms with van der Waals surface area (Å²) < 4.78 is 11.7. The van der Waals surface area contributed by atoms with Crippen LogP contribution in [0.3, 0.4) is 0 Å². The van der Waals surface area contributed by atoms with Crippen LogP contribution in [0.5, 0.6) is 11.5 Å². The highest BCUT2D eigenvalue weighted by atomic mass is 79.9. The molecule has 0 aromatic heterocycles. The highest BCUT2D eigenvalue weighted by molar-refractivity contribution is 9.10. The van der Waals surface area contributed by atoms with E-state index in [4.69, 9.17) is 9.47 Å². The van der Waals surface area contributed by atoms with Crippen molar-refractivity contribution in [3.05, 3.63) is 94.0 Å². The molecule has 0 unspecified atom stereocenters. The Morgan fingerprint density at radius 3 is 2.47 bits per heavy atom. The Bertz CT molecular complexity index is 1090. The molecule has 150 valence electrons. The molecule has 1 N–H and O–H groups in total. The predicted octanol–water partition coefficient (Wildman–Crippen LogP) is 5.58. The fraction of sp³-hybridized carbons (Fsp3) is 0.0833. The van der Waals surface area contributed by atoms with Crippen LogP contribution in [0.4, 0.5) is 5.69 Å². The second kappa shape index (κ2) is 10.3. The van der Waals surface area contributed by atoms with Crippen molar-refractivity contribution in [3.8, 4) is 17.6 Å². The second-order valence-electron chi connectivity index (χ2n) is 6.35. The number of carbonyl (C=O) groups excluding carboxylic acids is 1. The van der Waals surface area contributed by atoms with Gasteiger partial charge in [0.05, 0.1) is 7.11 Å². The Hall–Kier alpha value is -3.56. The van der Waals surface area contributed by atoms with Gasteiger partial charge < -0.3 is 14.8 Å². The molecule has 0 aliphatic rings. The third-order valence-electron chi connectivity index (χ3n) is 4.17. The molecule has 30 heavy (non-hydrogen) atoms. The third-order valence-corrected chi connectivity index (χ3v) is 4.62. The molecule has 3 aromatic rings. The summed E-state index contributed by atoms with van der Waals surface area (Å²) in [7, 11) is 1.56. The van der Waals surface area contributed by atoms with Gasteiger partial charge in [0.25, 0.3) is 5.91 Å². The van der Waals surface area contributed by atoms with E-state index in [2.05, 4.69) is 21.2 Å². The maximum Gasteiger partial charge on any atom is 0.266 e. The summed E-state index contributed by atoms with van der Waals surface area (Å²) in [6, 6.07) is 24.1. The summed E-state index contributed by atoms with van der Waals surface area (Å²) in [5.41, 5.74) is 2.31. The lowest BCUT2D eigenvalue weighted by Crippen LogP contribution is -2.13. The van der Waals surface area contributed by atoms with E-state index in [-0.39, 0.29) is 5.57 Å². The zero-order valence-corrected chi connectivity index (χ0v) is 17.8. The van der Waals surface area contributed by atoms with Crippen LogP contribution in [0.25, 0.3) is 6.08 Å². The number of hydrogen-bond donors (Lipinski definition) is 1. The van der Waals surface area contributed by atoms with E-state index in [1.807, 2.05) is 36.4 Å². The molecular formula is C24H19BrN2O3.